The Morgan fingerprint density at radius 1 is 1.08 bits per heavy atom. The maximum Gasteiger partial charge on any atom is 0.303 e. The van der Waals surface area contributed by atoms with Gasteiger partial charge in [-0.15, -0.1) is 0 Å². The maximum absolute atomic E-state index is 12.1. The first-order chi connectivity index (χ1) is 11.5. The number of aliphatic carboxylic acids is 1. The Balaban J connectivity index is 2.19. The molecule has 4 nitrogen and oxygen atoms in total. The quantitative estimate of drug-likeness (QED) is 0.448. The lowest BCUT2D eigenvalue weighted by molar-refractivity contribution is -0.137. The van der Waals surface area contributed by atoms with Crippen molar-refractivity contribution in [3.63, 3.8) is 0 Å². The van der Waals surface area contributed by atoms with Crippen LogP contribution in [0.3, 0.4) is 0 Å². The molecule has 0 amide bonds. The molecular weight excluding hydrogens is 304 g/mol. The van der Waals surface area contributed by atoms with Gasteiger partial charge >= 0.3 is 5.97 Å². The fraction of sp³-hybridized carbons (Fsp3) is 0.900. The highest BCUT2D eigenvalue weighted by atomic mass is 16.4. The van der Waals surface area contributed by atoms with Crippen molar-refractivity contribution in [1.82, 2.24) is 0 Å². The van der Waals surface area contributed by atoms with Crippen molar-refractivity contribution in [2.24, 2.45) is 11.8 Å². The van der Waals surface area contributed by atoms with Crippen LogP contribution in [0.25, 0.3) is 0 Å². The standard InChI is InChI=1S/C20H36O4/c1-2-3-6-9-17(21)14-12-16-13-15-19(22)18(16)10-7-4-5-8-11-20(23)24/h16-18,21H,2-15H2,1H3,(H,23,24)/t16-,17-,18+/m0/s1. The molecular formula is C20H36O4. The second-order valence-electron chi connectivity index (χ2n) is 7.45. The predicted octanol–water partition coefficient (Wildman–Crippen LogP) is 4.73. The van der Waals surface area contributed by atoms with Crippen LogP contribution in [0.15, 0.2) is 0 Å². The van der Waals surface area contributed by atoms with Gasteiger partial charge in [-0.25, -0.2) is 0 Å². The minimum atomic E-state index is -0.724. The highest BCUT2D eigenvalue weighted by Gasteiger charge is 2.33. The molecule has 0 unspecified atom stereocenters. The molecule has 4 heteroatoms. The molecule has 140 valence electrons. The second-order valence-corrected chi connectivity index (χ2v) is 7.45. The van der Waals surface area contributed by atoms with E-state index in [9.17, 15) is 14.7 Å². The van der Waals surface area contributed by atoms with E-state index in [-0.39, 0.29) is 18.4 Å². The number of hydrogen-bond donors (Lipinski definition) is 2. The Morgan fingerprint density at radius 2 is 1.83 bits per heavy atom. The van der Waals surface area contributed by atoms with Gasteiger partial charge in [-0.05, 0) is 44.4 Å². The number of ketones is 1. The molecule has 0 spiro atoms. The molecule has 0 aliphatic heterocycles. The number of Topliss-reactive ketones (excluding diaryl/α,β-unsaturated/α-hetero) is 1. The van der Waals surface area contributed by atoms with Gasteiger partial charge in [0.25, 0.3) is 0 Å². The first-order valence-electron chi connectivity index (χ1n) is 9.97. The summed E-state index contributed by atoms with van der Waals surface area (Å²) in [6.45, 7) is 2.17. The zero-order valence-electron chi connectivity index (χ0n) is 15.3. The minimum Gasteiger partial charge on any atom is -0.481 e. The van der Waals surface area contributed by atoms with Gasteiger partial charge < -0.3 is 10.2 Å². The molecule has 1 rings (SSSR count). The molecule has 0 bridgehead atoms. The smallest absolute Gasteiger partial charge is 0.303 e. The fourth-order valence-electron chi connectivity index (χ4n) is 3.89. The lowest BCUT2D eigenvalue weighted by Crippen LogP contribution is -2.17. The van der Waals surface area contributed by atoms with Crippen molar-refractivity contribution < 1.29 is 19.8 Å². The van der Waals surface area contributed by atoms with Crippen LogP contribution in [0.2, 0.25) is 0 Å². The summed E-state index contributed by atoms with van der Waals surface area (Å²) in [5.41, 5.74) is 0. The first-order valence-corrected chi connectivity index (χ1v) is 9.97. The molecule has 1 aliphatic rings. The van der Waals surface area contributed by atoms with Gasteiger partial charge in [0.1, 0.15) is 5.78 Å². The third-order valence-corrected chi connectivity index (χ3v) is 5.41. The lowest BCUT2D eigenvalue weighted by Gasteiger charge is -2.20. The molecule has 0 heterocycles. The van der Waals surface area contributed by atoms with Crippen LogP contribution in [0, 0.1) is 11.8 Å². The van der Waals surface area contributed by atoms with Crippen molar-refractivity contribution in [3.8, 4) is 0 Å². The molecule has 1 saturated carbocycles. The van der Waals surface area contributed by atoms with E-state index in [1.165, 1.54) is 12.8 Å². The van der Waals surface area contributed by atoms with Gasteiger partial charge in [-0.3, -0.25) is 9.59 Å². The molecule has 2 N–H and O–H groups in total. The zero-order valence-corrected chi connectivity index (χ0v) is 15.3. The molecule has 0 radical (unpaired) electrons. The molecule has 1 aliphatic carbocycles. The van der Waals surface area contributed by atoms with E-state index in [1.54, 1.807) is 0 Å². The van der Waals surface area contributed by atoms with Gasteiger partial charge in [0.15, 0.2) is 0 Å². The van der Waals surface area contributed by atoms with Crippen LogP contribution in [0.4, 0.5) is 0 Å². The van der Waals surface area contributed by atoms with E-state index < -0.39 is 5.97 Å². The second kappa shape index (κ2) is 12.5. The molecule has 0 aromatic heterocycles. The van der Waals surface area contributed by atoms with Crippen molar-refractivity contribution in [2.45, 2.75) is 103 Å². The van der Waals surface area contributed by atoms with Crippen LogP contribution in [-0.2, 0) is 9.59 Å². The average Bonchev–Trinajstić information content (AvgIpc) is 2.89. The lowest BCUT2D eigenvalue weighted by atomic mass is 9.86. The largest absolute Gasteiger partial charge is 0.481 e. The number of carboxylic acid groups (broad SMARTS) is 1. The van der Waals surface area contributed by atoms with E-state index in [1.807, 2.05) is 0 Å². The molecule has 24 heavy (non-hydrogen) atoms. The molecule has 0 saturated heterocycles. The SMILES string of the molecule is CCCCC[C@H](O)CC[C@H]1CCC(=O)[C@@H]1CCCCCCC(=O)O. The van der Waals surface area contributed by atoms with Gasteiger partial charge in [-0.1, -0.05) is 45.4 Å². The number of unbranched alkanes of at least 4 members (excludes halogenated alkanes) is 5. The Labute approximate surface area is 147 Å². The van der Waals surface area contributed by atoms with Crippen LogP contribution in [0.1, 0.15) is 96.8 Å². The zero-order chi connectivity index (χ0) is 17.8. The van der Waals surface area contributed by atoms with Crippen LogP contribution < -0.4 is 0 Å². The van der Waals surface area contributed by atoms with Crippen molar-refractivity contribution in [3.05, 3.63) is 0 Å². The molecule has 3 atom stereocenters. The normalized spacial score (nSPS) is 22.0. The monoisotopic (exact) mass is 340 g/mol. The summed E-state index contributed by atoms with van der Waals surface area (Å²) >= 11 is 0. The van der Waals surface area contributed by atoms with Gasteiger partial charge in [0, 0.05) is 18.8 Å². The van der Waals surface area contributed by atoms with Crippen molar-refractivity contribution >= 4 is 11.8 Å². The Bertz CT molecular complexity index is 367. The summed E-state index contributed by atoms with van der Waals surface area (Å²) in [6.07, 6.45) is 12.6. The average molecular weight is 341 g/mol. The fourth-order valence-corrected chi connectivity index (χ4v) is 3.89. The topological polar surface area (TPSA) is 74.6 Å². The summed E-state index contributed by atoms with van der Waals surface area (Å²) in [5, 5.41) is 18.7. The third-order valence-electron chi connectivity index (χ3n) is 5.41. The highest BCUT2D eigenvalue weighted by molar-refractivity contribution is 5.83. The van der Waals surface area contributed by atoms with E-state index in [0.717, 1.165) is 64.2 Å². The number of rotatable bonds is 14. The van der Waals surface area contributed by atoms with Gasteiger partial charge in [0.05, 0.1) is 6.10 Å². The summed E-state index contributed by atoms with van der Waals surface area (Å²) in [4.78, 5) is 22.6. The number of aliphatic hydroxyl groups is 1. The number of carbonyl (C=O) groups is 2. The molecule has 0 aromatic carbocycles. The van der Waals surface area contributed by atoms with E-state index in [0.29, 0.717) is 18.1 Å². The summed E-state index contributed by atoms with van der Waals surface area (Å²) < 4.78 is 0. The first kappa shape index (κ1) is 21.1. The van der Waals surface area contributed by atoms with E-state index >= 15 is 0 Å². The van der Waals surface area contributed by atoms with Crippen molar-refractivity contribution in [2.75, 3.05) is 0 Å². The summed E-state index contributed by atoms with van der Waals surface area (Å²) in [7, 11) is 0. The van der Waals surface area contributed by atoms with Gasteiger partial charge in [0.2, 0.25) is 0 Å². The molecule has 1 fully saturated rings. The maximum atomic E-state index is 12.1. The van der Waals surface area contributed by atoms with Crippen molar-refractivity contribution in [1.29, 1.82) is 0 Å². The predicted molar refractivity (Wildman–Crippen MR) is 95.9 cm³/mol. The minimum absolute atomic E-state index is 0.187. The van der Waals surface area contributed by atoms with E-state index in [2.05, 4.69) is 6.92 Å². The van der Waals surface area contributed by atoms with Crippen LogP contribution >= 0.6 is 0 Å². The number of carbonyl (C=O) groups excluding carboxylic acids is 1. The highest BCUT2D eigenvalue weighted by Crippen LogP contribution is 2.36. The third kappa shape index (κ3) is 8.81. The Hall–Kier alpha value is -0.900. The number of hydrogen-bond acceptors (Lipinski definition) is 3. The Kier molecular flexibility index (Phi) is 11.0. The Morgan fingerprint density at radius 3 is 2.54 bits per heavy atom. The number of aliphatic hydroxyl groups excluding tert-OH is 1. The van der Waals surface area contributed by atoms with E-state index in [4.69, 9.17) is 5.11 Å². The number of carboxylic acids is 1. The van der Waals surface area contributed by atoms with Crippen LogP contribution in [-0.4, -0.2) is 28.1 Å². The van der Waals surface area contributed by atoms with Gasteiger partial charge in [-0.2, -0.15) is 0 Å². The summed E-state index contributed by atoms with van der Waals surface area (Å²) in [5.74, 6) is 0.328. The van der Waals surface area contributed by atoms with Crippen LogP contribution in [0.5, 0.6) is 0 Å². The summed E-state index contributed by atoms with van der Waals surface area (Å²) in [6, 6.07) is 0. The molecule has 0 aromatic rings.